The second-order valence-electron chi connectivity index (χ2n) is 6.11. The van der Waals surface area contributed by atoms with Crippen molar-refractivity contribution in [1.82, 2.24) is 0 Å². The first-order valence-corrected chi connectivity index (χ1v) is 9.24. The van der Waals surface area contributed by atoms with E-state index in [1.54, 1.807) is 18.2 Å². The number of esters is 1. The number of carbonyl (C=O) groups is 2. The van der Waals surface area contributed by atoms with Crippen LogP contribution in [0.5, 0.6) is 11.5 Å². The number of amides is 1. The molecule has 0 aliphatic rings. The van der Waals surface area contributed by atoms with Gasteiger partial charge < -0.3 is 19.5 Å². The van der Waals surface area contributed by atoms with Crippen LogP contribution in [0.15, 0.2) is 42.5 Å². The average Bonchev–Trinajstić information content (AvgIpc) is 2.68. The zero-order valence-corrected chi connectivity index (χ0v) is 16.5. The van der Waals surface area contributed by atoms with Crippen molar-refractivity contribution in [1.29, 1.82) is 0 Å². The molecule has 9 heteroatoms. The fourth-order valence-corrected chi connectivity index (χ4v) is 2.50. The molecule has 6 nitrogen and oxygen atoms in total. The van der Waals surface area contributed by atoms with Crippen molar-refractivity contribution in [2.75, 3.05) is 25.1 Å². The van der Waals surface area contributed by atoms with Gasteiger partial charge in [-0.2, -0.15) is 13.2 Å². The Bertz CT molecular complexity index is 866. The highest BCUT2D eigenvalue weighted by atomic mass is 19.4. The van der Waals surface area contributed by atoms with Crippen molar-refractivity contribution in [3.8, 4) is 11.5 Å². The van der Waals surface area contributed by atoms with Crippen LogP contribution in [-0.2, 0) is 26.9 Å². The molecule has 2 aromatic rings. The lowest BCUT2D eigenvalue weighted by Gasteiger charge is -2.13. The van der Waals surface area contributed by atoms with E-state index >= 15 is 0 Å². The number of ether oxygens (including phenoxy) is 3. The molecule has 0 spiro atoms. The molecule has 0 aliphatic heterocycles. The highest BCUT2D eigenvalue weighted by Gasteiger charge is 2.30. The Morgan fingerprint density at radius 2 is 1.57 bits per heavy atom. The van der Waals surface area contributed by atoms with Crippen molar-refractivity contribution in [2.45, 2.75) is 26.4 Å². The summed E-state index contributed by atoms with van der Waals surface area (Å²) in [6, 6.07) is 9.03. The van der Waals surface area contributed by atoms with Gasteiger partial charge in [0, 0.05) is 11.8 Å². The number of hydrogen-bond donors (Lipinski definition) is 1. The number of alkyl halides is 3. The molecule has 0 saturated heterocycles. The summed E-state index contributed by atoms with van der Waals surface area (Å²) >= 11 is 0. The van der Waals surface area contributed by atoms with Crippen molar-refractivity contribution < 1.29 is 37.0 Å². The zero-order valence-electron chi connectivity index (χ0n) is 16.5. The minimum absolute atomic E-state index is 0.247. The summed E-state index contributed by atoms with van der Waals surface area (Å²) < 4.78 is 53.4. The maximum atomic E-state index is 12.5. The molecule has 2 rings (SSSR count). The molecular formula is C21H22F3NO5. The molecule has 0 saturated carbocycles. The second kappa shape index (κ2) is 10.5. The maximum absolute atomic E-state index is 12.5. The highest BCUT2D eigenvalue weighted by Crippen LogP contribution is 2.31. The molecule has 1 amide bonds. The van der Waals surface area contributed by atoms with Crippen LogP contribution in [0.25, 0.3) is 0 Å². The van der Waals surface area contributed by atoms with Gasteiger partial charge in [0.15, 0.2) is 18.1 Å². The lowest BCUT2D eigenvalue weighted by Crippen LogP contribution is -2.21. The SMILES string of the molecule is CCOc1ccc(NC(=O)COC(=O)Cc2ccc(C(F)(F)F)cc2)cc1OCC. The minimum atomic E-state index is -4.44. The molecule has 162 valence electrons. The van der Waals surface area contributed by atoms with Gasteiger partial charge in [0.2, 0.25) is 0 Å². The highest BCUT2D eigenvalue weighted by molar-refractivity contribution is 5.93. The van der Waals surface area contributed by atoms with Gasteiger partial charge in [0.25, 0.3) is 5.91 Å². The van der Waals surface area contributed by atoms with Crippen LogP contribution in [0.4, 0.5) is 18.9 Å². The molecule has 30 heavy (non-hydrogen) atoms. The van der Waals surface area contributed by atoms with E-state index in [0.717, 1.165) is 12.1 Å². The molecular weight excluding hydrogens is 403 g/mol. The van der Waals surface area contributed by atoms with Gasteiger partial charge in [-0.25, -0.2) is 0 Å². The Labute approximate surface area is 171 Å². The summed E-state index contributed by atoms with van der Waals surface area (Å²) in [7, 11) is 0. The number of carbonyl (C=O) groups excluding carboxylic acids is 2. The Morgan fingerprint density at radius 1 is 0.933 bits per heavy atom. The Morgan fingerprint density at radius 3 is 2.17 bits per heavy atom. The predicted octanol–water partition coefficient (Wildman–Crippen LogP) is 4.23. The number of halogens is 3. The normalized spacial score (nSPS) is 11.0. The van der Waals surface area contributed by atoms with Crippen LogP contribution in [0.2, 0.25) is 0 Å². The number of anilines is 1. The van der Waals surface area contributed by atoms with E-state index in [4.69, 9.17) is 14.2 Å². The number of benzene rings is 2. The van der Waals surface area contributed by atoms with Crippen molar-refractivity contribution in [3.63, 3.8) is 0 Å². The first-order valence-electron chi connectivity index (χ1n) is 9.24. The van der Waals surface area contributed by atoms with Crippen LogP contribution in [0.1, 0.15) is 25.0 Å². The second-order valence-corrected chi connectivity index (χ2v) is 6.11. The fraction of sp³-hybridized carbons (Fsp3) is 0.333. The van der Waals surface area contributed by atoms with Crippen LogP contribution in [0.3, 0.4) is 0 Å². The lowest BCUT2D eigenvalue weighted by atomic mass is 10.1. The molecule has 0 heterocycles. The van der Waals surface area contributed by atoms with E-state index in [1.165, 1.54) is 12.1 Å². The van der Waals surface area contributed by atoms with Gasteiger partial charge in [0.05, 0.1) is 25.2 Å². The molecule has 0 unspecified atom stereocenters. The number of hydrogen-bond acceptors (Lipinski definition) is 5. The average molecular weight is 425 g/mol. The van der Waals surface area contributed by atoms with E-state index in [-0.39, 0.29) is 6.42 Å². The molecule has 1 N–H and O–H groups in total. The summed E-state index contributed by atoms with van der Waals surface area (Å²) in [6.45, 7) is 4.00. The van der Waals surface area contributed by atoms with Gasteiger partial charge in [-0.1, -0.05) is 12.1 Å². The standard InChI is InChI=1S/C21H22F3NO5/c1-3-28-17-10-9-16(12-18(17)29-4-2)25-19(26)13-30-20(27)11-14-5-7-15(8-6-14)21(22,23)24/h5-10,12H,3-4,11,13H2,1-2H3,(H,25,26). The number of rotatable bonds is 9. The van der Waals surface area contributed by atoms with E-state index in [9.17, 15) is 22.8 Å². The van der Waals surface area contributed by atoms with Crippen LogP contribution in [-0.4, -0.2) is 31.7 Å². The summed E-state index contributed by atoms with van der Waals surface area (Å²) in [6.07, 6.45) is -4.69. The van der Waals surface area contributed by atoms with E-state index in [0.29, 0.717) is 36.0 Å². The third kappa shape index (κ3) is 6.98. The maximum Gasteiger partial charge on any atom is 0.416 e. The van der Waals surface area contributed by atoms with Gasteiger partial charge in [-0.05, 0) is 43.7 Å². The Hall–Kier alpha value is -3.23. The van der Waals surface area contributed by atoms with Crippen molar-refractivity contribution in [2.24, 2.45) is 0 Å². The fourth-order valence-electron chi connectivity index (χ4n) is 2.50. The smallest absolute Gasteiger partial charge is 0.416 e. The van der Waals surface area contributed by atoms with Crippen molar-refractivity contribution >= 4 is 17.6 Å². The molecule has 0 bridgehead atoms. The lowest BCUT2D eigenvalue weighted by molar-refractivity contribution is -0.146. The Kier molecular flexibility index (Phi) is 8.08. The third-order valence-electron chi connectivity index (χ3n) is 3.82. The van der Waals surface area contributed by atoms with Crippen LogP contribution >= 0.6 is 0 Å². The molecule has 0 radical (unpaired) electrons. The zero-order chi connectivity index (χ0) is 22.1. The van der Waals surface area contributed by atoms with Gasteiger partial charge >= 0.3 is 12.1 Å². The predicted molar refractivity (Wildman–Crippen MR) is 104 cm³/mol. The molecule has 0 aromatic heterocycles. The first-order chi connectivity index (χ1) is 14.2. The molecule has 0 fully saturated rings. The van der Waals surface area contributed by atoms with Gasteiger partial charge in [0.1, 0.15) is 0 Å². The summed E-state index contributed by atoms with van der Waals surface area (Å²) in [4.78, 5) is 23.9. The Balaban J connectivity index is 1.86. The van der Waals surface area contributed by atoms with Gasteiger partial charge in [-0.3, -0.25) is 9.59 Å². The van der Waals surface area contributed by atoms with Crippen LogP contribution < -0.4 is 14.8 Å². The quantitative estimate of drug-likeness (QED) is 0.609. The van der Waals surface area contributed by atoms with Crippen molar-refractivity contribution in [3.05, 3.63) is 53.6 Å². The van der Waals surface area contributed by atoms with E-state index < -0.39 is 30.2 Å². The topological polar surface area (TPSA) is 73.9 Å². The first kappa shape index (κ1) is 23.1. The van der Waals surface area contributed by atoms with Gasteiger partial charge in [-0.15, -0.1) is 0 Å². The molecule has 0 atom stereocenters. The molecule has 2 aromatic carbocycles. The third-order valence-corrected chi connectivity index (χ3v) is 3.82. The summed E-state index contributed by atoms with van der Waals surface area (Å²) in [5, 5.41) is 2.58. The molecule has 0 aliphatic carbocycles. The summed E-state index contributed by atoms with van der Waals surface area (Å²) in [5.74, 6) is -0.286. The summed E-state index contributed by atoms with van der Waals surface area (Å²) in [5.41, 5.74) is -0.0206. The monoisotopic (exact) mass is 425 g/mol. The number of nitrogens with one attached hydrogen (secondary N) is 1. The largest absolute Gasteiger partial charge is 0.490 e. The minimum Gasteiger partial charge on any atom is -0.490 e. The van der Waals surface area contributed by atoms with E-state index in [1.807, 2.05) is 13.8 Å². The van der Waals surface area contributed by atoms with E-state index in [2.05, 4.69) is 5.32 Å². The van der Waals surface area contributed by atoms with Crippen LogP contribution in [0, 0.1) is 0 Å².